The Morgan fingerprint density at radius 3 is 2.40 bits per heavy atom. The van der Waals surface area contributed by atoms with E-state index in [2.05, 4.69) is 10.1 Å². The smallest absolute Gasteiger partial charge is 0.255 e. The van der Waals surface area contributed by atoms with Gasteiger partial charge >= 0.3 is 0 Å². The molecule has 1 aromatic heterocycles. The third kappa shape index (κ3) is 4.43. The lowest BCUT2D eigenvalue weighted by Gasteiger charge is -2.34. The van der Waals surface area contributed by atoms with E-state index in [9.17, 15) is 13.2 Å². The fraction of sp³-hybridized carbons (Fsp3) is 0.524. The number of piperidine rings is 1. The maximum Gasteiger partial charge on any atom is 0.255 e. The lowest BCUT2D eigenvalue weighted by atomic mass is 10.1. The Labute approximate surface area is 177 Å². The molecular weight excluding hydrogens is 404 g/mol. The van der Waals surface area contributed by atoms with Crippen LogP contribution >= 0.6 is 0 Å². The van der Waals surface area contributed by atoms with Crippen molar-refractivity contribution in [2.75, 3.05) is 39.3 Å². The van der Waals surface area contributed by atoms with Crippen molar-refractivity contribution in [2.24, 2.45) is 0 Å². The van der Waals surface area contributed by atoms with Crippen molar-refractivity contribution in [1.82, 2.24) is 19.3 Å². The number of hydrogen-bond acceptors (Lipinski definition) is 6. The number of piperazine rings is 1. The first-order valence-electron chi connectivity index (χ1n) is 10.5. The summed E-state index contributed by atoms with van der Waals surface area (Å²) in [5.41, 5.74) is 1.12. The number of nitrogens with zero attached hydrogens (tertiary/aromatic N) is 4. The zero-order valence-corrected chi connectivity index (χ0v) is 18.1. The summed E-state index contributed by atoms with van der Waals surface area (Å²) in [5.74, 6) is 0.589. The van der Waals surface area contributed by atoms with Gasteiger partial charge in [-0.1, -0.05) is 23.7 Å². The average Bonchev–Trinajstić information content (AvgIpc) is 3.19. The molecule has 2 saturated heterocycles. The third-order valence-corrected chi connectivity index (χ3v) is 7.72. The summed E-state index contributed by atoms with van der Waals surface area (Å²) >= 11 is 0. The van der Waals surface area contributed by atoms with Crippen LogP contribution in [-0.4, -0.2) is 72.9 Å². The maximum atomic E-state index is 13.2. The molecule has 30 heavy (non-hydrogen) atoms. The Morgan fingerprint density at radius 1 is 1.03 bits per heavy atom. The summed E-state index contributed by atoms with van der Waals surface area (Å²) in [6.07, 6.45) is 2.77. The number of carbonyl (C=O) groups is 1. The molecule has 0 bridgehead atoms. The van der Waals surface area contributed by atoms with E-state index in [0.717, 1.165) is 30.7 Å². The molecule has 0 unspecified atom stereocenters. The Bertz CT molecular complexity index is 990. The van der Waals surface area contributed by atoms with Crippen molar-refractivity contribution < 1.29 is 17.7 Å². The standard InChI is InChI=1S/C21H28N4O4S/c1-17-15-18(29-22-17)16-23-11-13-24(14-12-23)21(26)19-7-3-4-8-20(19)30(27,28)25-9-5-2-6-10-25/h3-4,7-8,15H,2,5-6,9-14,16H2,1H3. The van der Waals surface area contributed by atoms with Gasteiger partial charge in [0.2, 0.25) is 10.0 Å². The molecule has 9 heteroatoms. The lowest BCUT2D eigenvalue weighted by molar-refractivity contribution is 0.0613. The molecule has 162 valence electrons. The number of aryl methyl sites for hydroxylation is 1. The monoisotopic (exact) mass is 432 g/mol. The molecule has 0 saturated carbocycles. The Balaban J connectivity index is 1.45. The van der Waals surface area contributed by atoms with Crippen LogP contribution < -0.4 is 0 Å². The van der Waals surface area contributed by atoms with Crippen molar-refractivity contribution in [1.29, 1.82) is 0 Å². The van der Waals surface area contributed by atoms with Gasteiger partial charge < -0.3 is 9.42 Å². The van der Waals surface area contributed by atoms with Crippen LogP contribution in [0.5, 0.6) is 0 Å². The van der Waals surface area contributed by atoms with Crippen LogP contribution in [0.15, 0.2) is 39.8 Å². The van der Waals surface area contributed by atoms with Gasteiger partial charge in [0.15, 0.2) is 5.76 Å². The first-order chi connectivity index (χ1) is 14.4. The van der Waals surface area contributed by atoms with Gasteiger partial charge in [-0.05, 0) is 31.9 Å². The van der Waals surface area contributed by atoms with Crippen LogP contribution in [0, 0.1) is 6.92 Å². The van der Waals surface area contributed by atoms with E-state index in [1.807, 2.05) is 13.0 Å². The van der Waals surface area contributed by atoms with Gasteiger partial charge in [0.25, 0.3) is 5.91 Å². The number of sulfonamides is 1. The molecule has 2 aromatic rings. The average molecular weight is 433 g/mol. The Hall–Kier alpha value is -2.23. The summed E-state index contributed by atoms with van der Waals surface area (Å²) in [4.78, 5) is 17.3. The molecule has 8 nitrogen and oxygen atoms in total. The molecule has 0 N–H and O–H groups in total. The topological polar surface area (TPSA) is 87.0 Å². The van der Waals surface area contributed by atoms with Crippen molar-refractivity contribution >= 4 is 15.9 Å². The van der Waals surface area contributed by atoms with Crippen molar-refractivity contribution in [2.45, 2.75) is 37.6 Å². The minimum Gasteiger partial charge on any atom is -0.360 e. The van der Waals surface area contributed by atoms with E-state index in [4.69, 9.17) is 4.52 Å². The number of aromatic nitrogens is 1. The Morgan fingerprint density at radius 2 is 1.73 bits per heavy atom. The quantitative estimate of drug-likeness (QED) is 0.719. The number of amides is 1. The number of benzene rings is 1. The second-order valence-electron chi connectivity index (χ2n) is 7.96. The summed E-state index contributed by atoms with van der Waals surface area (Å²) in [6.45, 7) is 6.07. The van der Waals surface area contributed by atoms with Crippen molar-refractivity contribution in [3.05, 3.63) is 47.3 Å². The van der Waals surface area contributed by atoms with E-state index in [0.29, 0.717) is 45.8 Å². The summed E-state index contributed by atoms with van der Waals surface area (Å²) in [5, 5.41) is 3.91. The molecular formula is C21H28N4O4S. The molecule has 1 amide bonds. The first-order valence-corrected chi connectivity index (χ1v) is 11.9. The first kappa shape index (κ1) is 21.0. The largest absolute Gasteiger partial charge is 0.360 e. The van der Waals surface area contributed by atoms with Gasteiger partial charge in [-0.2, -0.15) is 4.31 Å². The van der Waals surface area contributed by atoms with Crippen LogP contribution in [0.4, 0.5) is 0 Å². The SMILES string of the molecule is Cc1cc(CN2CCN(C(=O)c3ccccc3S(=O)(=O)N3CCCCC3)CC2)on1. The van der Waals surface area contributed by atoms with E-state index in [-0.39, 0.29) is 16.4 Å². The summed E-state index contributed by atoms with van der Waals surface area (Å²) < 4.78 is 33.2. The van der Waals surface area contributed by atoms with Crippen LogP contribution in [0.3, 0.4) is 0 Å². The number of rotatable bonds is 5. The van der Waals surface area contributed by atoms with Gasteiger partial charge in [-0.15, -0.1) is 0 Å². The highest BCUT2D eigenvalue weighted by Gasteiger charge is 2.32. The van der Waals surface area contributed by atoms with Crippen LogP contribution in [0.2, 0.25) is 0 Å². The normalized spacial score (nSPS) is 19.2. The van der Waals surface area contributed by atoms with Gasteiger partial charge in [0, 0.05) is 45.3 Å². The predicted molar refractivity (Wildman–Crippen MR) is 111 cm³/mol. The van der Waals surface area contributed by atoms with E-state index in [1.54, 1.807) is 29.2 Å². The molecule has 0 radical (unpaired) electrons. The molecule has 2 fully saturated rings. The highest BCUT2D eigenvalue weighted by Crippen LogP contribution is 2.25. The lowest BCUT2D eigenvalue weighted by Crippen LogP contribution is -2.48. The molecule has 4 rings (SSSR count). The maximum absolute atomic E-state index is 13.2. The van der Waals surface area contributed by atoms with Crippen LogP contribution in [0.25, 0.3) is 0 Å². The molecule has 2 aliphatic rings. The van der Waals surface area contributed by atoms with Gasteiger partial charge in [-0.25, -0.2) is 8.42 Å². The summed E-state index contributed by atoms with van der Waals surface area (Å²) in [7, 11) is -3.67. The fourth-order valence-electron chi connectivity index (χ4n) is 4.10. The molecule has 0 aliphatic carbocycles. The highest BCUT2D eigenvalue weighted by atomic mass is 32.2. The van der Waals surface area contributed by atoms with Crippen LogP contribution in [-0.2, 0) is 16.6 Å². The van der Waals surface area contributed by atoms with E-state index < -0.39 is 10.0 Å². The molecule has 1 aromatic carbocycles. The molecule has 2 aliphatic heterocycles. The van der Waals surface area contributed by atoms with Gasteiger partial charge in [0.1, 0.15) is 0 Å². The van der Waals surface area contributed by atoms with E-state index in [1.165, 1.54) is 4.31 Å². The number of carbonyl (C=O) groups excluding carboxylic acids is 1. The van der Waals surface area contributed by atoms with Crippen LogP contribution in [0.1, 0.15) is 41.1 Å². The predicted octanol–water partition coefficient (Wildman–Crippen LogP) is 2.12. The second kappa shape index (κ2) is 8.87. The van der Waals surface area contributed by atoms with Gasteiger partial charge in [0.05, 0.1) is 22.7 Å². The van der Waals surface area contributed by atoms with Crippen molar-refractivity contribution in [3.8, 4) is 0 Å². The van der Waals surface area contributed by atoms with E-state index >= 15 is 0 Å². The third-order valence-electron chi connectivity index (χ3n) is 5.77. The molecule has 0 spiro atoms. The Kier molecular flexibility index (Phi) is 6.21. The minimum absolute atomic E-state index is 0.122. The molecule has 0 atom stereocenters. The zero-order chi connectivity index (χ0) is 21.1. The zero-order valence-electron chi connectivity index (χ0n) is 17.3. The fourth-order valence-corrected chi connectivity index (χ4v) is 5.80. The second-order valence-corrected chi connectivity index (χ2v) is 9.87. The van der Waals surface area contributed by atoms with Crippen molar-refractivity contribution in [3.63, 3.8) is 0 Å². The minimum atomic E-state index is -3.67. The molecule has 3 heterocycles. The van der Waals surface area contributed by atoms with Gasteiger partial charge in [-0.3, -0.25) is 9.69 Å². The summed E-state index contributed by atoms with van der Waals surface area (Å²) in [6, 6.07) is 8.51. The highest BCUT2D eigenvalue weighted by molar-refractivity contribution is 7.89. The number of hydrogen-bond donors (Lipinski definition) is 0.